The van der Waals surface area contributed by atoms with E-state index in [0.717, 1.165) is 20.8 Å². The minimum atomic E-state index is -1.49. The molecule has 0 bridgehead atoms. The number of hydrogen-bond donors (Lipinski definition) is 0. The number of halogens is 1. The van der Waals surface area contributed by atoms with Crippen molar-refractivity contribution in [2.75, 3.05) is 13.2 Å². The van der Waals surface area contributed by atoms with Gasteiger partial charge in [0.1, 0.15) is 17.0 Å². The van der Waals surface area contributed by atoms with E-state index in [9.17, 15) is 24.0 Å². The Labute approximate surface area is 218 Å². The van der Waals surface area contributed by atoms with Gasteiger partial charge >= 0.3 is 23.9 Å². The summed E-state index contributed by atoms with van der Waals surface area (Å²) in [5, 5.41) is 0. The molecule has 0 saturated carbocycles. The lowest BCUT2D eigenvalue weighted by molar-refractivity contribution is -0.342. The zero-order valence-corrected chi connectivity index (χ0v) is 23.3. The first-order valence-electron chi connectivity index (χ1n) is 11.3. The van der Waals surface area contributed by atoms with E-state index in [2.05, 4.69) is 15.9 Å². The lowest BCUT2D eigenvalue weighted by Crippen LogP contribution is -2.64. The molecule has 0 radical (unpaired) electrons. The van der Waals surface area contributed by atoms with Gasteiger partial charge in [0.25, 0.3) is 0 Å². The second-order valence-electron chi connectivity index (χ2n) is 8.89. The van der Waals surface area contributed by atoms with Gasteiger partial charge in [-0.2, -0.15) is 0 Å². The van der Waals surface area contributed by atoms with Crippen LogP contribution in [-0.4, -0.2) is 84.2 Å². The molecule has 0 aromatic heterocycles. The molecule has 0 N–H and O–H groups in total. The summed E-state index contributed by atoms with van der Waals surface area (Å²) in [6.45, 7) is 11.0. The number of Topliss-reactive ketones (excluding diaryl/α,β-unsaturated/α-hetero) is 1. The van der Waals surface area contributed by atoms with Crippen LogP contribution in [0.2, 0.25) is 0 Å². The highest BCUT2D eigenvalue weighted by atomic mass is 79.9. The molecule has 1 aliphatic heterocycles. The monoisotopic (exact) mass is 582 g/mol. The van der Waals surface area contributed by atoms with Crippen LogP contribution in [0.4, 0.5) is 0 Å². The molecule has 1 saturated heterocycles. The van der Waals surface area contributed by atoms with E-state index in [1.54, 1.807) is 0 Å². The molecule has 0 aliphatic carbocycles. The molecule has 1 aliphatic rings. The van der Waals surface area contributed by atoms with Crippen molar-refractivity contribution >= 4 is 45.6 Å². The average Bonchev–Trinajstić information content (AvgIpc) is 2.72. The fraction of sp³-hybridized carbons (Fsp3) is 0.783. The number of rotatable bonds is 12. The van der Waals surface area contributed by atoms with Gasteiger partial charge in [-0.15, -0.1) is 0 Å². The Morgan fingerprint density at radius 1 is 0.833 bits per heavy atom. The topological polar surface area (TPSA) is 150 Å². The molecule has 206 valence electrons. The van der Waals surface area contributed by atoms with Gasteiger partial charge in [0.05, 0.1) is 6.61 Å². The van der Waals surface area contributed by atoms with Crippen LogP contribution in [0.3, 0.4) is 0 Å². The Kier molecular flexibility index (Phi) is 12.4. The predicted octanol–water partition coefficient (Wildman–Crippen LogP) is 1.83. The second kappa shape index (κ2) is 14.0. The summed E-state index contributed by atoms with van der Waals surface area (Å²) in [5.74, 6) is -3.21. The van der Waals surface area contributed by atoms with Crippen LogP contribution in [-0.2, 0) is 57.1 Å². The summed E-state index contributed by atoms with van der Waals surface area (Å²) in [5.41, 5.74) is 0. The molecule has 0 aromatic carbocycles. The zero-order chi connectivity index (χ0) is 27.8. The summed E-state index contributed by atoms with van der Waals surface area (Å²) < 4.78 is 37.6. The lowest BCUT2D eigenvalue weighted by Gasteiger charge is -2.45. The summed E-state index contributed by atoms with van der Waals surface area (Å²) in [6.07, 6.45) is -8.10. The van der Waals surface area contributed by atoms with Crippen molar-refractivity contribution in [3.05, 3.63) is 0 Å². The fourth-order valence-electron chi connectivity index (χ4n) is 3.19. The first-order valence-corrected chi connectivity index (χ1v) is 12.1. The van der Waals surface area contributed by atoms with Crippen LogP contribution < -0.4 is 0 Å². The third-order valence-corrected chi connectivity index (χ3v) is 5.85. The Hall–Kier alpha value is -2.09. The van der Waals surface area contributed by atoms with Gasteiger partial charge in [0.15, 0.2) is 30.4 Å². The molecule has 0 aromatic rings. The van der Waals surface area contributed by atoms with Crippen LogP contribution in [0.5, 0.6) is 0 Å². The molecule has 1 fully saturated rings. The quantitative estimate of drug-likeness (QED) is 0.143. The molecule has 12 nitrogen and oxygen atoms in total. The third kappa shape index (κ3) is 9.75. The van der Waals surface area contributed by atoms with Gasteiger partial charge < -0.3 is 33.2 Å². The molecular formula is C23H35BrO12. The van der Waals surface area contributed by atoms with Crippen molar-refractivity contribution in [3.63, 3.8) is 0 Å². The van der Waals surface area contributed by atoms with E-state index in [-0.39, 0.29) is 18.3 Å². The maximum absolute atomic E-state index is 12.4. The molecule has 1 rings (SSSR count). The van der Waals surface area contributed by atoms with Gasteiger partial charge in [-0.3, -0.25) is 24.0 Å². The van der Waals surface area contributed by atoms with Crippen molar-refractivity contribution in [2.45, 2.75) is 96.7 Å². The van der Waals surface area contributed by atoms with Gasteiger partial charge in [0, 0.05) is 27.7 Å². The normalized spacial score (nSPS) is 26.3. The highest BCUT2D eigenvalue weighted by Crippen LogP contribution is 2.34. The lowest BCUT2D eigenvalue weighted by atomic mass is 9.98. The molecule has 36 heavy (non-hydrogen) atoms. The smallest absolute Gasteiger partial charge is 0.303 e. The van der Waals surface area contributed by atoms with E-state index >= 15 is 0 Å². The second-order valence-corrected chi connectivity index (χ2v) is 10.5. The Bertz CT molecular complexity index is 811. The van der Waals surface area contributed by atoms with Crippen molar-refractivity contribution in [3.8, 4) is 0 Å². The SMILES string of the molecule is CC(=O)OC[C@H]1O[C@@H](O[C@H](OCC(C)C)[C@](C)(Br)C(C)=O)[C@H](OC(C)=O)[C@@H](OC(C)=O)[C@@H]1OC(C)=O. The summed E-state index contributed by atoms with van der Waals surface area (Å²) in [7, 11) is 0. The van der Waals surface area contributed by atoms with E-state index < -0.39 is 71.8 Å². The number of ketones is 1. The highest BCUT2D eigenvalue weighted by molar-refractivity contribution is 9.10. The molecule has 13 heteroatoms. The summed E-state index contributed by atoms with van der Waals surface area (Å²) in [6, 6.07) is 0. The van der Waals surface area contributed by atoms with E-state index in [1.807, 2.05) is 13.8 Å². The van der Waals surface area contributed by atoms with E-state index in [4.69, 9.17) is 33.2 Å². The Balaban J connectivity index is 3.53. The third-order valence-electron chi connectivity index (χ3n) is 4.92. The standard InChI is InChI=1S/C23H35BrO12/c1-11(2)9-31-22(23(8,24)12(3)25)36-21-20(34-16(7)29)19(33-15(6)28)18(32-14(5)27)17(35-21)10-30-13(4)26/h11,17-22H,9-10H2,1-8H3/t17-,18-,19+,20-,21+,22+,23-/m1/s1. The fourth-order valence-corrected chi connectivity index (χ4v) is 3.43. The average molecular weight is 583 g/mol. The molecule has 0 spiro atoms. The maximum Gasteiger partial charge on any atom is 0.303 e. The molecule has 0 unspecified atom stereocenters. The van der Waals surface area contributed by atoms with Crippen LogP contribution in [0.25, 0.3) is 0 Å². The maximum atomic E-state index is 12.4. The van der Waals surface area contributed by atoms with Crippen LogP contribution in [0.15, 0.2) is 0 Å². The van der Waals surface area contributed by atoms with Crippen molar-refractivity contribution in [2.24, 2.45) is 5.92 Å². The Morgan fingerprint density at radius 2 is 1.33 bits per heavy atom. The van der Waals surface area contributed by atoms with Crippen molar-refractivity contribution < 1.29 is 57.1 Å². The van der Waals surface area contributed by atoms with Crippen LogP contribution in [0.1, 0.15) is 55.4 Å². The molecule has 7 atom stereocenters. The Morgan fingerprint density at radius 3 is 1.78 bits per heavy atom. The number of alkyl halides is 1. The molecule has 1 heterocycles. The first-order chi connectivity index (χ1) is 16.6. The molecule has 0 amide bonds. The van der Waals surface area contributed by atoms with Crippen molar-refractivity contribution in [1.29, 1.82) is 0 Å². The van der Waals surface area contributed by atoms with Gasteiger partial charge in [-0.1, -0.05) is 29.8 Å². The van der Waals surface area contributed by atoms with E-state index in [0.29, 0.717) is 0 Å². The summed E-state index contributed by atoms with van der Waals surface area (Å²) in [4.78, 5) is 59.6. The van der Waals surface area contributed by atoms with Crippen LogP contribution in [0, 0.1) is 5.92 Å². The summed E-state index contributed by atoms with van der Waals surface area (Å²) >= 11 is 3.34. The zero-order valence-electron chi connectivity index (χ0n) is 21.7. The minimum Gasteiger partial charge on any atom is -0.463 e. The number of esters is 4. The highest BCUT2D eigenvalue weighted by Gasteiger charge is 2.54. The van der Waals surface area contributed by atoms with Crippen molar-refractivity contribution in [1.82, 2.24) is 0 Å². The first kappa shape index (κ1) is 31.9. The van der Waals surface area contributed by atoms with Crippen LogP contribution >= 0.6 is 15.9 Å². The number of carbonyl (C=O) groups excluding carboxylic acids is 5. The van der Waals surface area contributed by atoms with Gasteiger partial charge in [0.2, 0.25) is 6.29 Å². The number of ether oxygens (including phenoxy) is 7. The number of hydrogen-bond acceptors (Lipinski definition) is 12. The van der Waals surface area contributed by atoms with E-state index in [1.165, 1.54) is 20.8 Å². The van der Waals surface area contributed by atoms with Gasteiger partial charge in [-0.05, 0) is 19.8 Å². The van der Waals surface area contributed by atoms with Gasteiger partial charge in [-0.25, -0.2) is 0 Å². The largest absolute Gasteiger partial charge is 0.463 e. The minimum absolute atomic E-state index is 0.0711. The molecular weight excluding hydrogens is 548 g/mol. The predicted molar refractivity (Wildman–Crippen MR) is 126 cm³/mol. The number of carbonyl (C=O) groups is 5.